The minimum absolute atomic E-state index is 0. The summed E-state index contributed by atoms with van der Waals surface area (Å²) in [5, 5.41) is 0. The first-order chi connectivity index (χ1) is 0. The van der Waals surface area contributed by atoms with Crippen molar-refractivity contribution in [2.24, 2.45) is 0 Å². The molecular weight excluding hydrogens is 237 g/mol. The van der Waals surface area contributed by atoms with Crippen molar-refractivity contribution in [2.45, 2.75) is 0 Å². The molecule has 0 atom stereocenters. The zero-order valence-electron chi connectivity index (χ0n) is 2.38. The Hall–Kier alpha value is 2.35. The molecule has 5 heteroatoms. The average Bonchev–Trinajstić information content (AvgIpc) is 0. The summed E-state index contributed by atoms with van der Waals surface area (Å²) >= 11 is 0. The number of hydrogen-bond acceptors (Lipinski definition) is 0. The molecule has 5 heavy (non-hydrogen) atoms. The van der Waals surface area contributed by atoms with E-state index in [2.05, 4.69) is 0 Å². The third kappa shape index (κ3) is 21.8. The average molecular weight is 237 g/mol. The summed E-state index contributed by atoms with van der Waals surface area (Å²) in [5.41, 5.74) is 0. The van der Waals surface area contributed by atoms with E-state index in [-0.39, 0.29) is 81.1 Å². The molecule has 1 nitrogen and oxygen atoms in total. The Morgan fingerprint density at radius 3 is 1.00 bits per heavy atom. The van der Waals surface area contributed by atoms with Crippen LogP contribution in [0.2, 0.25) is 0 Å². The maximum atomic E-state index is 0. The molecule has 0 bridgehead atoms. The van der Waals surface area contributed by atoms with Crippen molar-refractivity contribution in [3.8, 4) is 0 Å². The molecule has 17 valence electrons. The SMILES string of the molecule is [Cr+3].[Fe+2].[O-2].[Ti+4].[Zn+2]. The van der Waals surface area contributed by atoms with Gasteiger partial charge in [0.2, 0.25) is 0 Å². The van der Waals surface area contributed by atoms with E-state index in [1.807, 2.05) is 0 Å². The Labute approximate surface area is 80.2 Å². The summed E-state index contributed by atoms with van der Waals surface area (Å²) in [5.74, 6) is 0. The summed E-state index contributed by atoms with van der Waals surface area (Å²) in [6, 6.07) is 0. The van der Waals surface area contributed by atoms with Crippen molar-refractivity contribution < 1.29 is 81.1 Å². The van der Waals surface area contributed by atoms with Gasteiger partial charge in [0.25, 0.3) is 0 Å². The van der Waals surface area contributed by atoms with Crippen LogP contribution in [0.1, 0.15) is 0 Å². The molecule has 0 rings (SSSR count). The molecule has 0 heterocycles. The van der Waals surface area contributed by atoms with Crippen LogP contribution in [-0.2, 0) is 81.1 Å². The van der Waals surface area contributed by atoms with Crippen LogP contribution in [0.5, 0.6) is 0 Å². The third-order valence-electron chi connectivity index (χ3n) is 0. The van der Waals surface area contributed by atoms with Crippen LogP contribution in [0.3, 0.4) is 0 Å². The van der Waals surface area contributed by atoms with Crippen molar-refractivity contribution >= 4 is 0 Å². The molecule has 0 aromatic rings. The summed E-state index contributed by atoms with van der Waals surface area (Å²) in [6.07, 6.45) is 0. The second-order valence-corrected chi connectivity index (χ2v) is 0. The fourth-order valence-electron chi connectivity index (χ4n) is 0. The normalized spacial score (nSPS) is 0. The van der Waals surface area contributed by atoms with Gasteiger partial charge in [-0.15, -0.1) is 0 Å². The molecule has 0 saturated carbocycles. The van der Waals surface area contributed by atoms with Gasteiger partial charge in [-0.2, -0.15) is 0 Å². The Morgan fingerprint density at radius 1 is 1.00 bits per heavy atom. The van der Waals surface area contributed by atoms with Gasteiger partial charge in [0.1, 0.15) is 0 Å². The van der Waals surface area contributed by atoms with E-state index < -0.39 is 0 Å². The van der Waals surface area contributed by atoms with E-state index >= 15 is 0 Å². The van der Waals surface area contributed by atoms with Gasteiger partial charge in [0, 0.05) is 0 Å². The molecule has 0 spiro atoms. The number of rotatable bonds is 0. The van der Waals surface area contributed by atoms with Crippen molar-refractivity contribution in [1.82, 2.24) is 0 Å². The minimum atomic E-state index is 0. The van der Waals surface area contributed by atoms with Crippen LogP contribution >= 0.6 is 0 Å². The standard InChI is InChI=1S/Cr.Fe.O.Ti.Zn/q+3;+2;-2;+4;+2. The first-order valence-electron chi connectivity index (χ1n) is 0. The largest absolute Gasteiger partial charge is 4.00 e. The molecule has 0 N–H and O–H groups in total. The van der Waals surface area contributed by atoms with Crippen LogP contribution < -0.4 is 0 Å². The van der Waals surface area contributed by atoms with E-state index in [4.69, 9.17) is 0 Å². The zero-order valence-corrected chi connectivity index (χ0v) is 9.29. The molecule has 0 aliphatic heterocycles. The molecule has 0 saturated heterocycles. The Bertz CT molecular complexity index is 11.6. The van der Waals surface area contributed by atoms with Gasteiger partial charge < -0.3 is 5.48 Å². The first-order valence-corrected chi connectivity index (χ1v) is 0. The molecule has 0 aromatic carbocycles. The van der Waals surface area contributed by atoms with Crippen molar-refractivity contribution in [3.63, 3.8) is 0 Å². The Balaban J connectivity index is 0. The van der Waals surface area contributed by atoms with E-state index in [1.54, 1.807) is 0 Å². The van der Waals surface area contributed by atoms with Crippen LogP contribution in [0.4, 0.5) is 0 Å². The fraction of sp³-hybridized carbons (Fsp3) is 0. The second kappa shape index (κ2) is 32.9. The quantitative estimate of drug-likeness (QED) is 0.525. The first kappa shape index (κ1) is 53.7. The molecule has 0 aliphatic carbocycles. The van der Waals surface area contributed by atoms with Crippen LogP contribution in [0.25, 0.3) is 0 Å². The molecular formula is CrFeOTiZn+9. The van der Waals surface area contributed by atoms with Gasteiger partial charge >= 0.3 is 75.6 Å². The minimum Gasteiger partial charge on any atom is -2.00 e. The van der Waals surface area contributed by atoms with Crippen LogP contribution in [-0.4, -0.2) is 0 Å². The Kier molecular flexibility index (Phi) is 353. The molecule has 0 unspecified atom stereocenters. The fourth-order valence-corrected chi connectivity index (χ4v) is 0. The van der Waals surface area contributed by atoms with Gasteiger partial charge in [-0.05, 0) is 0 Å². The summed E-state index contributed by atoms with van der Waals surface area (Å²) < 4.78 is 0. The topological polar surface area (TPSA) is 28.5 Å². The Morgan fingerprint density at radius 2 is 1.00 bits per heavy atom. The maximum Gasteiger partial charge on any atom is 4.00 e. The maximum absolute atomic E-state index is 0. The van der Waals surface area contributed by atoms with E-state index in [9.17, 15) is 0 Å². The molecule has 0 fully saturated rings. The van der Waals surface area contributed by atoms with E-state index in [0.717, 1.165) is 0 Å². The molecule has 0 amide bonds. The van der Waals surface area contributed by atoms with Crippen LogP contribution in [0.15, 0.2) is 0 Å². The van der Waals surface area contributed by atoms with E-state index in [0.29, 0.717) is 0 Å². The van der Waals surface area contributed by atoms with Gasteiger partial charge in [-0.25, -0.2) is 0 Å². The van der Waals surface area contributed by atoms with Gasteiger partial charge in [0.05, 0.1) is 0 Å². The molecule has 0 aromatic heterocycles. The summed E-state index contributed by atoms with van der Waals surface area (Å²) in [4.78, 5) is 0. The molecule has 0 aliphatic rings. The van der Waals surface area contributed by atoms with Gasteiger partial charge in [0.15, 0.2) is 0 Å². The monoisotopic (exact) mass is 236 g/mol. The van der Waals surface area contributed by atoms with Crippen molar-refractivity contribution in [2.75, 3.05) is 0 Å². The predicted octanol–water partition coefficient (Wildman–Crippen LogP) is -0.129. The molecule has 1 radical (unpaired) electrons. The smallest absolute Gasteiger partial charge is 2.00 e. The zero-order chi connectivity index (χ0) is 0. The van der Waals surface area contributed by atoms with Gasteiger partial charge in [-0.1, -0.05) is 0 Å². The van der Waals surface area contributed by atoms with Gasteiger partial charge in [-0.3, -0.25) is 0 Å². The summed E-state index contributed by atoms with van der Waals surface area (Å²) in [6.45, 7) is 0. The number of hydrogen-bond donors (Lipinski definition) is 0. The second-order valence-electron chi connectivity index (χ2n) is 0. The van der Waals surface area contributed by atoms with Crippen molar-refractivity contribution in [3.05, 3.63) is 0 Å². The van der Waals surface area contributed by atoms with Crippen LogP contribution in [0, 0.1) is 0 Å². The van der Waals surface area contributed by atoms with E-state index in [1.165, 1.54) is 0 Å². The summed E-state index contributed by atoms with van der Waals surface area (Å²) in [7, 11) is 0. The third-order valence-corrected chi connectivity index (χ3v) is 0. The predicted molar refractivity (Wildman–Crippen MR) is 0.686 cm³/mol. The van der Waals surface area contributed by atoms with Crippen molar-refractivity contribution in [1.29, 1.82) is 0 Å².